The van der Waals surface area contributed by atoms with Crippen LogP contribution in [0.3, 0.4) is 0 Å². The molecule has 0 aliphatic heterocycles. The van der Waals surface area contributed by atoms with Gasteiger partial charge in [-0.1, -0.05) is 23.2 Å². The van der Waals surface area contributed by atoms with Gasteiger partial charge in [-0.25, -0.2) is 9.97 Å². The fourth-order valence-corrected chi connectivity index (χ4v) is 2.26. The lowest BCUT2D eigenvalue weighted by atomic mass is 10.2. The van der Waals surface area contributed by atoms with Crippen molar-refractivity contribution in [1.29, 1.82) is 0 Å². The van der Waals surface area contributed by atoms with Gasteiger partial charge in [-0.05, 0) is 30.3 Å². The first-order valence-electron chi connectivity index (χ1n) is 5.20. The average Bonchev–Trinajstić information content (AvgIpc) is 2.70. The molecule has 0 saturated carbocycles. The van der Waals surface area contributed by atoms with Crippen LogP contribution in [0.1, 0.15) is 0 Å². The lowest BCUT2D eigenvalue weighted by molar-refractivity contribution is 1.30. The third kappa shape index (κ3) is 2.00. The van der Waals surface area contributed by atoms with Crippen molar-refractivity contribution in [3.8, 4) is 11.4 Å². The van der Waals surface area contributed by atoms with E-state index < -0.39 is 0 Å². The van der Waals surface area contributed by atoms with Crippen molar-refractivity contribution >= 4 is 40.2 Å². The quantitative estimate of drug-likeness (QED) is 0.716. The van der Waals surface area contributed by atoms with E-state index >= 15 is 0 Å². The molecule has 0 unspecified atom stereocenters. The predicted octanol–water partition coefficient (Wildman–Crippen LogP) is 3.51. The molecule has 0 aliphatic rings. The summed E-state index contributed by atoms with van der Waals surface area (Å²) < 4.78 is 0. The Kier molecular flexibility index (Phi) is 2.61. The van der Waals surface area contributed by atoms with E-state index in [1.807, 2.05) is 6.07 Å². The van der Waals surface area contributed by atoms with Crippen LogP contribution in [0.2, 0.25) is 10.0 Å². The summed E-state index contributed by atoms with van der Waals surface area (Å²) in [6, 6.07) is 8.80. The minimum atomic E-state index is 0.435. The van der Waals surface area contributed by atoms with Gasteiger partial charge in [0.05, 0.1) is 5.52 Å². The van der Waals surface area contributed by atoms with Crippen molar-refractivity contribution in [1.82, 2.24) is 15.0 Å². The number of aromatic amines is 1. The fourth-order valence-electron chi connectivity index (χ4n) is 1.73. The van der Waals surface area contributed by atoms with Crippen LogP contribution >= 0.6 is 23.2 Å². The molecule has 0 radical (unpaired) electrons. The van der Waals surface area contributed by atoms with Gasteiger partial charge in [-0.3, -0.25) is 0 Å². The van der Waals surface area contributed by atoms with Gasteiger partial charge < -0.3 is 10.7 Å². The van der Waals surface area contributed by atoms with Crippen molar-refractivity contribution < 1.29 is 0 Å². The molecular formula is C12H8Cl2N4. The molecule has 2 heterocycles. The Morgan fingerprint density at radius 2 is 1.72 bits per heavy atom. The highest BCUT2D eigenvalue weighted by molar-refractivity contribution is 6.35. The minimum Gasteiger partial charge on any atom is -0.384 e. The summed E-state index contributed by atoms with van der Waals surface area (Å²) in [4.78, 5) is 11.6. The van der Waals surface area contributed by atoms with Crippen LogP contribution in [-0.2, 0) is 0 Å². The van der Waals surface area contributed by atoms with E-state index in [9.17, 15) is 0 Å². The van der Waals surface area contributed by atoms with Crippen LogP contribution in [0.15, 0.2) is 30.3 Å². The minimum absolute atomic E-state index is 0.435. The molecule has 4 nitrogen and oxygen atoms in total. The number of pyridine rings is 1. The molecule has 3 aromatic rings. The maximum absolute atomic E-state index is 5.96. The molecule has 0 fully saturated rings. The molecular weight excluding hydrogens is 271 g/mol. The number of nitrogen functional groups attached to an aromatic ring is 1. The Hall–Kier alpha value is -1.78. The number of fused-ring (bicyclic) bond motifs is 1. The number of nitrogens with two attached hydrogens (primary N) is 1. The largest absolute Gasteiger partial charge is 0.384 e. The van der Waals surface area contributed by atoms with E-state index in [1.54, 1.807) is 24.3 Å². The molecule has 0 spiro atoms. The third-order valence-corrected chi connectivity index (χ3v) is 2.94. The number of benzene rings is 1. The maximum atomic E-state index is 5.96. The number of hydrogen-bond donors (Lipinski definition) is 2. The van der Waals surface area contributed by atoms with Crippen LogP contribution in [0.25, 0.3) is 22.6 Å². The van der Waals surface area contributed by atoms with Crippen molar-refractivity contribution in [3.05, 3.63) is 40.4 Å². The van der Waals surface area contributed by atoms with Crippen LogP contribution in [-0.4, -0.2) is 15.0 Å². The van der Waals surface area contributed by atoms with Gasteiger partial charge in [0.1, 0.15) is 11.6 Å². The van der Waals surface area contributed by atoms with Crippen LogP contribution in [0, 0.1) is 0 Å². The summed E-state index contributed by atoms with van der Waals surface area (Å²) in [5, 5.41) is 1.12. The number of rotatable bonds is 1. The van der Waals surface area contributed by atoms with Crippen molar-refractivity contribution in [2.45, 2.75) is 0 Å². The zero-order chi connectivity index (χ0) is 12.7. The van der Waals surface area contributed by atoms with Gasteiger partial charge in [0.15, 0.2) is 5.65 Å². The number of nitrogens with zero attached hydrogens (tertiary/aromatic N) is 2. The van der Waals surface area contributed by atoms with E-state index in [4.69, 9.17) is 28.9 Å². The molecule has 0 bridgehead atoms. The molecule has 18 heavy (non-hydrogen) atoms. The summed E-state index contributed by atoms with van der Waals surface area (Å²) in [5.74, 6) is 1.09. The molecule has 0 saturated heterocycles. The van der Waals surface area contributed by atoms with Gasteiger partial charge >= 0.3 is 0 Å². The second-order valence-electron chi connectivity index (χ2n) is 3.85. The van der Waals surface area contributed by atoms with E-state index in [0.29, 0.717) is 27.3 Å². The molecule has 0 amide bonds. The number of nitrogens with one attached hydrogen (secondary N) is 1. The predicted molar refractivity (Wildman–Crippen MR) is 73.8 cm³/mol. The molecule has 2 aromatic heterocycles. The van der Waals surface area contributed by atoms with Crippen molar-refractivity contribution in [3.63, 3.8) is 0 Å². The van der Waals surface area contributed by atoms with E-state index in [1.165, 1.54) is 0 Å². The highest BCUT2D eigenvalue weighted by Crippen LogP contribution is 2.26. The first kappa shape index (κ1) is 11.3. The fraction of sp³-hybridized carbons (Fsp3) is 0. The van der Waals surface area contributed by atoms with Gasteiger partial charge in [0.25, 0.3) is 0 Å². The number of halogens is 2. The number of H-pyrrole nitrogens is 1. The van der Waals surface area contributed by atoms with Crippen LogP contribution in [0.4, 0.5) is 5.82 Å². The third-order valence-electron chi connectivity index (χ3n) is 2.50. The molecule has 90 valence electrons. The maximum Gasteiger partial charge on any atom is 0.180 e. The monoisotopic (exact) mass is 278 g/mol. The summed E-state index contributed by atoms with van der Waals surface area (Å²) >= 11 is 11.9. The topological polar surface area (TPSA) is 67.6 Å². The van der Waals surface area contributed by atoms with Gasteiger partial charge in [-0.15, -0.1) is 0 Å². The Labute approximate surface area is 113 Å². The molecule has 6 heteroatoms. The van der Waals surface area contributed by atoms with E-state index in [-0.39, 0.29) is 0 Å². The summed E-state index contributed by atoms with van der Waals surface area (Å²) in [6.45, 7) is 0. The lowest BCUT2D eigenvalue weighted by Crippen LogP contribution is -1.88. The zero-order valence-corrected chi connectivity index (χ0v) is 10.6. The second kappa shape index (κ2) is 4.15. The normalized spacial score (nSPS) is 11.0. The first-order valence-corrected chi connectivity index (χ1v) is 5.96. The molecule has 1 aromatic carbocycles. The molecule has 3 rings (SSSR count). The van der Waals surface area contributed by atoms with Gasteiger partial charge in [-0.2, -0.15) is 0 Å². The Morgan fingerprint density at radius 1 is 1.00 bits per heavy atom. The Balaban J connectivity index is 2.19. The summed E-state index contributed by atoms with van der Waals surface area (Å²) in [5.41, 5.74) is 7.81. The number of aromatic nitrogens is 3. The van der Waals surface area contributed by atoms with Crippen molar-refractivity contribution in [2.75, 3.05) is 5.73 Å². The van der Waals surface area contributed by atoms with Crippen LogP contribution < -0.4 is 5.73 Å². The van der Waals surface area contributed by atoms with Gasteiger partial charge in [0, 0.05) is 15.6 Å². The smallest absolute Gasteiger partial charge is 0.180 e. The summed E-state index contributed by atoms with van der Waals surface area (Å²) in [7, 11) is 0. The van der Waals surface area contributed by atoms with Crippen molar-refractivity contribution in [2.24, 2.45) is 0 Å². The van der Waals surface area contributed by atoms with Gasteiger partial charge in [0.2, 0.25) is 0 Å². The first-order chi connectivity index (χ1) is 8.61. The average molecular weight is 279 g/mol. The number of imidazole rings is 1. The highest BCUT2D eigenvalue weighted by Gasteiger charge is 2.08. The van der Waals surface area contributed by atoms with E-state index in [0.717, 1.165) is 11.1 Å². The second-order valence-corrected chi connectivity index (χ2v) is 4.72. The Bertz CT molecular complexity index is 716. The SMILES string of the molecule is Nc1ccc2[nH]c(-c3cc(Cl)cc(Cl)c3)nc2n1. The standard InChI is InChI=1S/C12H8Cl2N4/c13-7-3-6(4-8(14)5-7)11-16-9-1-2-10(15)17-12(9)18-11/h1-5H,(H3,15,16,17,18). The highest BCUT2D eigenvalue weighted by atomic mass is 35.5. The van der Waals surface area contributed by atoms with Crippen LogP contribution in [0.5, 0.6) is 0 Å². The number of hydrogen-bond acceptors (Lipinski definition) is 3. The molecule has 0 atom stereocenters. The molecule has 0 aliphatic carbocycles. The van der Waals surface area contributed by atoms with E-state index in [2.05, 4.69) is 15.0 Å². The number of anilines is 1. The Morgan fingerprint density at radius 3 is 2.44 bits per heavy atom. The molecule has 3 N–H and O–H groups in total. The lowest BCUT2D eigenvalue weighted by Gasteiger charge is -1.98. The zero-order valence-electron chi connectivity index (χ0n) is 9.11. The summed E-state index contributed by atoms with van der Waals surface area (Å²) in [6.07, 6.45) is 0.